The number of nitrogens with one attached hydrogen (secondary N) is 2. The van der Waals surface area contributed by atoms with Crippen molar-refractivity contribution in [2.75, 3.05) is 26.2 Å². The number of H-pyrrole nitrogens is 2. The van der Waals surface area contributed by atoms with Crippen molar-refractivity contribution < 1.29 is 19.1 Å². The van der Waals surface area contributed by atoms with Crippen molar-refractivity contribution in [3.8, 4) is 0 Å². The van der Waals surface area contributed by atoms with Gasteiger partial charge in [0.25, 0.3) is 5.56 Å². The summed E-state index contributed by atoms with van der Waals surface area (Å²) in [6, 6.07) is -1.23. The molecule has 0 saturated heterocycles. The molecule has 0 aliphatic carbocycles. The van der Waals surface area contributed by atoms with Crippen LogP contribution in [0.1, 0.15) is 0 Å². The monoisotopic (exact) mass is 296 g/mol. The molecule has 1 aromatic heterocycles. The van der Waals surface area contributed by atoms with Gasteiger partial charge in [0.05, 0.1) is 14.2 Å². The van der Waals surface area contributed by atoms with Gasteiger partial charge in [-0.05, 0) is 0 Å². The highest BCUT2D eigenvalue weighted by atomic mass is 16.5. The number of hydrogen-bond donors (Lipinski definition) is 2. The number of carbonyl (C=O) groups is 2. The first-order valence-electron chi connectivity index (χ1n) is 5.74. The summed E-state index contributed by atoms with van der Waals surface area (Å²) < 4.78 is 9.17. The number of fused-ring (bicyclic) bond motifs is 1. The van der Waals surface area contributed by atoms with Crippen LogP contribution in [0, 0.1) is 0 Å². The van der Waals surface area contributed by atoms with E-state index in [1.54, 1.807) is 0 Å². The van der Waals surface area contributed by atoms with Gasteiger partial charge in [-0.15, -0.1) is 0 Å². The van der Waals surface area contributed by atoms with Gasteiger partial charge in [0.2, 0.25) is 0 Å². The molecular formula is C11H12N4O6. The normalized spacial score (nSPS) is 16.8. The van der Waals surface area contributed by atoms with Crippen molar-refractivity contribution in [2.45, 2.75) is 6.04 Å². The molecule has 1 aromatic rings. The number of hydrogen-bond acceptors (Lipinski definition) is 8. The van der Waals surface area contributed by atoms with E-state index in [1.165, 1.54) is 11.9 Å². The number of ether oxygens (including phenoxy) is 2. The van der Waals surface area contributed by atoms with Crippen LogP contribution in [0.3, 0.4) is 0 Å². The molecule has 10 nitrogen and oxygen atoms in total. The third-order valence-corrected chi connectivity index (χ3v) is 2.95. The van der Waals surface area contributed by atoms with Crippen molar-refractivity contribution in [1.82, 2.24) is 9.97 Å². The lowest BCUT2D eigenvalue weighted by Crippen LogP contribution is -2.51. The Labute approximate surface area is 117 Å². The van der Waals surface area contributed by atoms with Crippen LogP contribution in [0.15, 0.2) is 14.6 Å². The first-order valence-corrected chi connectivity index (χ1v) is 5.74. The fraction of sp³-hybridized carbons (Fsp3) is 0.364. The highest BCUT2D eigenvalue weighted by Crippen LogP contribution is 2.27. The van der Waals surface area contributed by atoms with E-state index in [2.05, 4.69) is 19.5 Å². The number of nitrogens with zero attached hydrogens (tertiary/aromatic N) is 2. The SMILES string of the molecule is COC(=O)C1=Nc2c([nH]c(=O)[nH]c2=O)N(C)C1C(=O)OC. The van der Waals surface area contributed by atoms with Gasteiger partial charge in [-0.2, -0.15) is 0 Å². The fourth-order valence-corrected chi connectivity index (χ4v) is 1.96. The van der Waals surface area contributed by atoms with Crippen molar-refractivity contribution >= 4 is 29.2 Å². The van der Waals surface area contributed by atoms with E-state index in [0.717, 1.165) is 14.2 Å². The molecule has 0 fully saturated rings. The van der Waals surface area contributed by atoms with Gasteiger partial charge in [0.1, 0.15) is 5.82 Å². The van der Waals surface area contributed by atoms with Gasteiger partial charge in [-0.25, -0.2) is 19.4 Å². The van der Waals surface area contributed by atoms with Crippen LogP contribution in [0.25, 0.3) is 0 Å². The van der Waals surface area contributed by atoms with Crippen molar-refractivity contribution in [3.05, 3.63) is 20.8 Å². The molecule has 0 spiro atoms. The number of aromatic amines is 2. The molecule has 2 rings (SSSR count). The lowest BCUT2D eigenvalue weighted by molar-refractivity contribution is -0.142. The van der Waals surface area contributed by atoms with Crippen LogP contribution in [0.4, 0.5) is 11.5 Å². The molecule has 0 aromatic carbocycles. The van der Waals surface area contributed by atoms with E-state index in [0.29, 0.717) is 0 Å². The summed E-state index contributed by atoms with van der Waals surface area (Å²) in [5, 5.41) is 0. The molecule has 10 heteroatoms. The summed E-state index contributed by atoms with van der Waals surface area (Å²) in [5.41, 5.74) is -2.05. The molecule has 1 unspecified atom stereocenters. The van der Waals surface area contributed by atoms with Crippen LogP contribution in [-0.4, -0.2) is 54.9 Å². The number of likely N-dealkylation sites (N-methyl/N-ethyl adjacent to an activating group) is 1. The Kier molecular flexibility index (Phi) is 3.61. The van der Waals surface area contributed by atoms with Crippen molar-refractivity contribution in [1.29, 1.82) is 0 Å². The highest BCUT2D eigenvalue weighted by Gasteiger charge is 2.40. The molecule has 1 aliphatic rings. The summed E-state index contributed by atoms with van der Waals surface area (Å²) in [6.45, 7) is 0. The topological polar surface area (TPSA) is 134 Å². The molecule has 0 radical (unpaired) electrons. The molecule has 2 heterocycles. The Morgan fingerprint density at radius 2 is 1.86 bits per heavy atom. The van der Waals surface area contributed by atoms with Gasteiger partial charge >= 0.3 is 17.6 Å². The number of aromatic nitrogens is 2. The zero-order valence-corrected chi connectivity index (χ0v) is 11.4. The molecule has 0 saturated carbocycles. The lowest BCUT2D eigenvalue weighted by atomic mass is 10.1. The minimum absolute atomic E-state index is 0.00630. The Morgan fingerprint density at radius 1 is 1.19 bits per heavy atom. The number of carbonyl (C=O) groups excluding carboxylic acids is 2. The maximum Gasteiger partial charge on any atom is 0.355 e. The summed E-state index contributed by atoms with van der Waals surface area (Å²) in [4.78, 5) is 56.1. The minimum Gasteiger partial charge on any atom is -0.467 e. The summed E-state index contributed by atoms with van der Waals surface area (Å²) >= 11 is 0. The number of methoxy groups -OCH3 is 2. The van der Waals surface area contributed by atoms with Crippen molar-refractivity contribution in [3.63, 3.8) is 0 Å². The second-order valence-electron chi connectivity index (χ2n) is 4.13. The smallest absolute Gasteiger partial charge is 0.355 e. The molecule has 1 aliphatic heterocycles. The zero-order valence-electron chi connectivity index (χ0n) is 11.4. The highest BCUT2D eigenvalue weighted by molar-refractivity contribution is 6.44. The predicted molar refractivity (Wildman–Crippen MR) is 71.0 cm³/mol. The predicted octanol–water partition coefficient (Wildman–Crippen LogP) is -1.70. The van der Waals surface area contributed by atoms with E-state index in [-0.39, 0.29) is 17.2 Å². The van der Waals surface area contributed by atoms with E-state index >= 15 is 0 Å². The van der Waals surface area contributed by atoms with Gasteiger partial charge in [-0.1, -0.05) is 0 Å². The third kappa shape index (κ3) is 2.30. The molecule has 2 N–H and O–H groups in total. The van der Waals surface area contributed by atoms with E-state index in [1.807, 2.05) is 4.98 Å². The summed E-state index contributed by atoms with van der Waals surface area (Å²) in [6.07, 6.45) is 0. The first-order chi connectivity index (χ1) is 9.90. The molecule has 1 atom stereocenters. The van der Waals surface area contributed by atoms with E-state index < -0.39 is 29.2 Å². The largest absolute Gasteiger partial charge is 0.467 e. The molecule has 112 valence electrons. The molecule has 0 amide bonds. The van der Waals surface area contributed by atoms with Gasteiger partial charge in [-0.3, -0.25) is 14.8 Å². The molecule has 21 heavy (non-hydrogen) atoms. The second-order valence-corrected chi connectivity index (χ2v) is 4.13. The van der Waals surface area contributed by atoms with Crippen LogP contribution in [0.2, 0.25) is 0 Å². The van der Waals surface area contributed by atoms with Crippen molar-refractivity contribution in [2.24, 2.45) is 4.99 Å². The fourth-order valence-electron chi connectivity index (χ4n) is 1.96. The molecule has 0 bridgehead atoms. The first kappa shape index (κ1) is 14.5. The Morgan fingerprint density at radius 3 is 2.43 bits per heavy atom. The number of anilines is 1. The Hall–Kier alpha value is -2.91. The third-order valence-electron chi connectivity index (χ3n) is 2.95. The van der Waals surface area contributed by atoms with Crippen LogP contribution >= 0.6 is 0 Å². The Bertz CT molecular complexity index is 746. The van der Waals surface area contributed by atoms with Gasteiger partial charge in [0.15, 0.2) is 17.4 Å². The summed E-state index contributed by atoms with van der Waals surface area (Å²) in [7, 11) is 3.67. The second kappa shape index (κ2) is 5.23. The van der Waals surface area contributed by atoms with Crippen LogP contribution in [0.5, 0.6) is 0 Å². The number of aliphatic imine (C=N–C) groups is 1. The average Bonchev–Trinajstić information content (AvgIpc) is 2.46. The van der Waals surface area contributed by atoms with Crippen LogP contribution < -0.4 is 16.1 Å². The lowest BCUT2D eigenvalue weighted by Gasteiger charge is -2.31. The van der Waals surface area contributed by atoms with Crippen LogP contribution in [-0.2, 0) is 19.1 Å². The molecular weight excluding hydrogens is 284 g/mol. The van der Waals surface area contributed by atoms with Gasteiger partial charge in [0, 0.05) is 7.05 Å². The number of esters is 2. The maximum atomic E-state index is 11.9. The minimum atomic E-state index is -1.23. The quantitative estimate of drug-likeness (QED) is 0.621. The van der Waals surface area contributed by atoms with E-state index in [4.69, 9.17) is 0 Å². The van der Waals surface area contributed by atoms with Gasteiger partial charge < -0.3 is 14.4 Å². The Balaban J connectivity index is 2.73. The number of rotatable bonds is 2. The standard InChI is InChI=1S/C11H12N4O6/c1-15-6(10(18)21-3)4(9(17)20-2)12-5-7(15)13-11(19)14-8(5)16/h6H,1-3H3,(H2,13,14,16,19). The summed E-state index contributed by atoms with van der Waals surface area (Å²) in [5.74, 6) is -1.66. The zero-order chi connectivity index (χ0) is 15.7. The van der Waals surface area contributed by atoms with E-state index in [9.17, 15) is 19.2 Å². The maximum absolute atomic E-state index is 11.9. The average molecular weight is 296 g/mol.